The van der Waals surface area contributed by atoms with Crippen molar-refractivity contribution < 1.29 is 34.4 Å². The molecule has 0 aliphatic carbocycles. The van der Waals surface area contributed by atoms with Crippen LogP contribution in [0.3, 0.4) is 0 Å². The molecule has 5 heteroatoms. The Kier molecular flexibility index (Phi) is 6.86. The maximum atomic E-state index is 12.6. The topological polar surface area (TPSA) is 52.6 Å². The van der Waals surface area contributed by atoms with E-state index in [1.807, 2.05) is 60.7 Å². The van der Waals surface area contributed by atoms with Crippen molar-refractivity contribution in [2.24, 2.45) is 0 Å². The second kappa shape index (κ2) is 9.10. The van der Waals surface area contributed by atoms with Crippen LogP contribution >= 0.6 is 0 Å². The van der Waals surface area contributed by atoms with E-state index in [0.29, 0.717) is 0 Å². The van der Waals surface area contributed by atoms with Crippen LogP contribution in [0.25, 0.3) is 0 Å². The standard InChI is InChI=1S/C20H18O4.Co/c1-14(19(21)23-2)17(20(22)24-3)18(15-10-6-4-7-11-15)16-12-8-5-9-13-16;/h1,4-13,18H,2-3H3;. The van der Waals surface area contributed by atoms with Crippen LogP contribution in [0.4, 0.5) is 0 Å². The Morgan fingerprint density at radius 3 is 1.64 bits per heavy atom. The summed E-state index contributed by atoms with van der Waals surface area (Å²) in [6.07, 6.45) is 0. The molecule has 0 heterocycles. The van der Waals surface area contributed by atoms with E-state index in [-0.39, 0.29) is 11.1 Å². The number of hydrogen-bond acceptors (Lipinski definition) is 4. The third-order valence-electron chi connectivity index (χ3n) is 3.75. The third-order valence-corrected chi connectivity index (χ3v) is 4.05. The summed E-state index contributed by atoms with van der Waals surface area (Å²) < 4.78 is 9.77. The zero-order valence-corrected chi connectivity index (χ0v) is 14.9. The summed E-state index contributed by atoms with van der Waals surface area (Å²) in [5.74, 6) is -1.75. The first kappa shape index (κ1) is 18.8. The van der Waals surface area contributed by atoms with E-state index >= 15 is 0 Å². The van der Waals surface area contributed by atoms with Gasteiger partial charge < -0.3 is 0 Å². The van der Waals surface area contributed by atoms with Crippen molar-refractivity contribution >= 4 is 16.9 Å². The average molecular weight is 381 g/mol. The molecule has 0 bridgehead atoms. The van der Waals surface area contributed by atoms with Crippen LogP contribution in [-0.4, -0.2) is 31.1 Å². The van der Waals surface area contributed by atoms with Crippen LogP contribution in [0, 0.1) is 0 Å². The molecule has 0 aliphatic rings. The van der Waals surface area contributed by atoms with Crippen LogP contribution in [0.2, 0.25) is 0 Å². The van der Waals surface area contributed by atoms with E-state index in [2.05, 4.69) is 15.3 Å². The van der Waals surface area contributed by atoms with Gasteiger partial charge in [-0.2, -0.15) is 0 Å². The molecule has 0 amide bonds. The Labute approximate surface area is 154 Å². The SMILES string of the molecule is COC(=O)C([CH]=[Co])=C(C(=O)OC)C(c1ccccc1)c1ccccc1. The summed E-state index contributed by atoms with van der Waals surface area (Å²) in [6, 6.07) is 18.9. The van der Waals surface area contributed by atoms with Crippen molar-refractivity contribution in [3.8, 4) is 0 Å². The molecule has 0 saturated heterocycles. The van der Waals surface area contributed by atoms with Crippen LogP contribution in [-0.2, 0) is 34.4 Å². The summed E-state index contributed by atoms with van der Waals surface area (Å²) in [5, 5.41) is 0. The molecule has 0 unspecified atom stereocenters. The number of rotatable bonds is 6. The Balaban J connectivity index is 2.79. The summed E-state index contributed by atoms with van der Waals surface area (Å²) in [6.45, 7) is 0. The molecule has 2 rings (SSSR count). The van der Waals surface area contributed by atoms with Crippen molar-refractivity contribution in [2.75, 3.05) is 14.2 Å². The molecule has 0 N–H and O–H groups in total. The molecule has 0 saturated carbocycles. The molecule has 131 valence electrons. The minimum atomic E-state index is -0.648. The van der Waals surface area contributed by atoms with Crippen LogP contribution in [0.5, 0.6) is 0 Å². The predicted molar refractivity (Wildman–Crippen MR) is 91.8 cm³/mol. The van der Waals surface area contributed by atoms with Gasteiger partial charge in [0, 0.05) is 0 Å². The van der Waals surface area contributed by atoms with Crippen LogP contribution in [0.15, 0.2) is 71.8 Å². The molecule has 0 aromatic heterocycles. The number of esters is 2. The predicted octanol–water partition coefficient (Wildman–Crippen LogP) is 2.81. The fourth-order valence-electron chi connectivity index (χ4n) is 2.62. The Morgan fingerprint density at radius 1 is 0.840 bits per heavy atom. The second-order valence-corrected chi connectivity index (χ2v) is 5.46. The fraction of sp³-hybridized carbons (Fsp3) is 0.150. The number of benzene rings is 2. The summed E-state index contributed by atoms with van der Waals surface area (Å²) >= 11 is 4.16. The quantitative estimate of drug-likeness (QED) is 0.571. The number of methoxy groups -OCH3 is 2. The van der Waals surface area contributed by atoms with Gasteiger partial charge in [0.05, 0.1) is 0 Å². The third kappa shape index (κ3) is 4.32. The molecule has 2 aromatic carbocycles. The zero-order valence-electron chi connectivity index (χ0n) is 13.9. The Hall–Kier alpha value is -2.50. The molecular weight excluding hydrogens is 363 g/mol. The van der Waals surface area contributed by atoms with Crippen molar-refractivity contribution in [3.05, 3.63) is 82.9 Å². The summed E-state index contributed by atoms with van der Waals surface area (Å²) in [5.41, 5.74) is 1.95. The molecule has 25 heavy (non-hydrogen) atoms. The van der Waals surface area contributed by atoms with Crippen molar-refractivity contribution in [1.82, 2.24) is 0 Å². The van der Waals surface area contributed by atoms with Gasteiger partial charge in [-0.05, 0) is 0 Å². The van der Waals surface area contributed by atoms with E-state index < -0.39 is 17.9 Å². The first-order valence-corrected chi connectivity index (χ1v) is 8.15. The average Bonchev–Trinajstić information content (AvgIpc) is 2.68. The van der Waals surface area contributed by atoms with Crippen LogP contribution < -0.4 is 0 Å². The van der Waals surface area contributed by atoms with E-state index in [1.54, 1.807) is 0 Å². The molecule has 4 nitrogen and oxygen atoms in total. The van der Waals surface area contributed by atoms with Gasteiger partial charge in [0.2, 0.25) is 0 Å². The van der Waals surface area contributed by atoms with E-state index in [0.717, 1.165) is 11.1 Å². The number of ether oxygens (including phenoxy) is 2. The van der Waals surface area contributed by atoms with Gasteiger partial charge in [0.25, 0.3) is 0 Å². The summed E-state index contributed by atoms with van der Waals surface area (Å²) in [7, 11) is 2.54. The molecule has 0 atom stereocenters. The number of carbonyl (C=O) groups is 2. The first-order chi connectivity index (χ1) is 12.1. The van der Waals surface area contributed by atoms with Gasteiger partial charge in [0.15, 0.2) is 0 Å². The fourth-order valence-corrected chi connectivity index (χ4v) is 2.91. The van der Waals surface area contributed by atoms with E-state index in [1.165, 1.54) is 19.2 Å². The first-order valence-electron chi connectivity index (χ1n) is 7.55. The maximum absolute atomic E-state index is 12.6. The van der Waals surface area contributed by atoms with Crippen LogP contribution in [0.1, 0.15) is 17.0 Å². The number of hydrogen-bond donors (Lipinski definition) is 0. The molecule has 0 fully saturated rings. The van der Waals surface area contributed by atoms with Crippen molar-refractivity contribution in [3.63, 3.8) is 0 Å². The zero-order chi connectivity index (χ0) is 18.2. The van der Waals surface area contributed by atoms with Crippen molar-refractivity contribution in [1.29, 1.82) is 0 Å². The van der Waals surface area contributed by atoms with Gasteiger partial charge in [-0.15, -0.1) is 0 Å². The molecular formula is C20H18CoO4. The van der Waals surface area contributed by atoms with Gasteiger partial charge in [-0.1, -0.05) is 0 Å². The van der Waals surface area contributed by atoms with Gasteiger partial charge >= 0.3 is 154 Å². The molecule has 2 aromatic rings. The summed E-state index contributed by atoms with van der Waals surface area (Å²) in [4.78, 5) is 26.0. The van der Waals surface area contributed by atoms with Gasteiger partial charge in [-0.3, -0.25) is 0 Å². The Morgan fingerprint density at radius 2 is 1.28 bits per heavy atom. The normalized spacial score (nSPS) is 11.5. The molecule has 0 spiro atoms. The Bertz CT molecular complexity index is 742. The van der Waals surface area contributed by atoms with Crippen molar-refractivity contribution in [2.45, 2.75) is 5.92 Å². The molecule has 0 aliphatic heterocycles. The van der Waals surface area contributed by atoms with Gasteiger partial charge in [0.1, 0.15) is 0 Å². The second-order valence-electron chi connectivity index (χ2n) is 5.16. The van der Waals surface area contributed by atoms with Gasteiger partial charge in [-0.25, -0.2) is 0 Å². The number of carbonyl (C=O) groups excluding carboxylic acids is 2. The minimum absolute atomic E-state index is 0.0621. The van der Waals surface area contributed by atoms with E-state index in [9.17, 15) is 9.59 Å². The monoisotopic (exact) mass is 381 g/mol. The van der Waals surface area contributed by atoms with E-state index in [4.69, 9.17) is 9.47 Å². The molecule has 0 radical (unpaired) electrons.